The Bertz CT molecular complexity index is 1020. The highest BCUT2D eigenvalue weighted by molar-refractivity contribution is 5.98. The molecule has 0 radical (unpaired) electrons. The van der Waals surface area contributed by atoms with Gasteiger partial charge < -0.3 is 9.73 Å². The number of carbonyl (C=O) groups excluding carboxylic acids is 1. The summed E-state index contributed by atoms with van der Waals surface area (Å²) < 4.78 is 7.28. The molecule has 1 aromatic carbocycles. The average Bonchev–Trinajstić information content (AvgIpc) is 3.29. The van der Waals surface area contributed by atoms with E-state index in [1.54, 1.807) is 6.07 Å². The summed E-state index contributed by atoms with van der Waals surface area (Å²) in [4.78, 5) is 12.7. The standard InChI is InChI=1S/C19H16N4O2/c1-13(18-22-21-16-9-5-6-11-23(16)18)20-19(24)17-15(10-12-25-17)14-7-3-2-4-8-14/h2-13H,1H3,(H,20,24). The fourth-order valence-corrected chi connectivity index (χ4v) is 2.81. The van der Waals surface area contributed by atoms with Crippen LogP contribution in [0.15, 0.2) is 71.5 Å². The van der Waals surface area contributed by atoms with Crippen LogP contribution in [0, 0.1) is 0 Å². The zero-order chi connectivity index (χ0) is 17.2. The lowest BCUT2D eigenvalue weighted by Gasteiger charge is -2.12. The molecule has 6 nitrogen and oxygen atoms in total. The molecule has 3 aromatic heterocycles. The van der Waals surface area contributed by atoms with Gasteiger partial charge >= 0.3 is 0 Å². The number of carbonyl (C=O) groups is 1. The molecule has 0 fully saturated rings. The number of fused-ring (bicyclic) bond motifs is 1. The molecule has 124 valence electrons. The number of furan rings is 1. The second-order valence-electron chi connectivity index (χ2n) is 5.71. The van der Waals surface area contributed by atoms with Crippen molar-refractivity contribution in [2.45, 2.75) is 13.0 Å². The Morgan fingerprint density at radius 2 is 1.88 bits per heavy atom. The van der Waals surface area contributed by atoms with Gasteiger partial charge in [-0.05, 0) is 30.7 Å². The highest BCUT2D eigenvalue weighted by Crippen LogP contribution is 2.25. The van der Waals surface area contributed by atoms with Crippen LogP contribution in [-0.4, -0.2) is 20.5 Å². The minimum absolute atomic E-state index is 0.284. The maximum atomic E-state index is 12.7. The Kier molecular flexibility index (Phi) is 3.78. The van der Waals surface area contributed by atoms with Gasteiger partial charge in [-0.1, -0.05) is 36.4 Å². The van der Waals surface area contributed by atoms with Crippen molar-refractivity contribution in [1.29, 1.82) is 0 Å². The first-order valence-electron chi connectivity index (χ1n) is 7.97. The fourth-order valence-electron chi connectivity index (χ4n) is 2.81. The Labute approximate surface area is 144 Å². The summed E-state index contributed by atoms with van der Waals surface area (Å²) >= 11 is 0. The molecule has 4 rings (SSSR count). The maximum Gasteiger partial charge on any atom is 0.288 e. The number of aromatic nitrogens is 3. The molecule has 0 aliphatic heterocycles. The molecule has 0 aliphatic rings. The van der Waals surface area contributed by atoms with E-state index >= 15 is 0 Å². The molecule has 3 heterocycles. The zero-order valence-corrected chi connectivity index (χ0v) is 13.6. The van der Waals surface area contributed by atoms with Gasteiger partial charge in [0.25, 0.3) is 5.91 Å². The molecule has 1 unspecified atom stereocenters. The van der Waals surface area contributed by atoms with E-state index in [4.69, 9.17) is 4.42 Å². The molecule has 1 N–H and O–H groups in total. The molecular weight excluding hydrogens is 316 g/mol. The SMILES string of the molecule is CC(NC(=O)c1occc1-c1ccccc1)c1nnc2ccccn12. The third kappa shape index (κ3) is 2.78. The smallest absolute Gasteiger partial charge is 0.288 e. The van der Waals surface area contributed by atoms with Gasteiger partial charge in [-0.25, -0.2) is 0 Å². The van der Waals surface area contributed by atoms with Crippen molar-refractivity contribution in [3.05, 3.63) is 78.6 Å². The summed E-state index contributed by atoms with van der Waals surface area (Å²) in [5.41, 5.74) is 2.43. The van der Waals surface area contributed by atoms with Gasteiger partial charge in [-0.15, -0.1) is 10.2 Å². The van der Waals surface area contributed by atoms with Gasteiger partial charge in [0, 0.05) is 11.8 Å². The largest absolute Gasteiger partial charge is 0.459 e. The van der Waals surface area contributed by atoms with Crippen molar-refractivity contribution < 1.29 is 9.21 Å². The van der Waals surface area contributed by atoms with Gasteiger partial charge in [0.1, 0.15) is 0 Å². The number of nitrogens with one attached hydrogen (secondary N) is 1. The van der Waals surface area contributed by atoms with E-state index in [-0.39, 0.29) is 17.7 Å². The van der Waals surface area contributed by atoms with Crippen molar-refractivity contribution in [1.82, 2.24) is 19.9 Å². The van der Waals surface area contributed by atoms with E-state index < -0.39 is 0 Å². The fraction of sp³-hybridized carbons (Fsp3) is 0.105. The van der Waals surface area contributed by atoms with Crippen LogP contribution in [0.3, 0.4) is 0 Å². The molecule has 0 saturated heterocycles. The number of nitrogens with zero attached hydrogens (tertiary/aromatic N) is 3. The van der Waals surface area contributed by atoms with Crippen LogP contribution in [0.5, 0.6) is 0 Å². The average molecular weight is 332 g/mol. The van der Waals surface area contributed by atoms with Crippen LogP contribution in [0.1, 0.15) is 29.3 Å². The van der Waals surface area contributed by atoms with Crippen LogP contribution in [0.25, 0.3) is 16.8 Å². The van der Waals surface area contributed by atoms with Crippen molar-refractivity contribution in [3.63, 3.8) is 0 Å². The van der Waals surface area contributed by atoms with Crippen LogP contribution in [0.2, 0.25) is 0 Å². The number of amides is 1. The van der Waals surface area contributed by atoms with E-state index in [0.29, 0.717) is 5.82 Å². The van der Waals surface area contributed by atoms with Crippen LogP contribution < -0.4 is 5.32 Å². The number of hydrogen-bond acceptors (Lipinski definition) is 4. The lowest BCUT2D eigenvalue weighted by molar-refractivity contribution is 0.0911. The topological polar surface area (TPSA) is 72.4 Å². The van der Waals surface area contributed by atoms with E-state index in [1.165, 1.54) is 6.26 Å². The van der Waals surface area contributed by atoms with Crippen molar-refractivity contribution in [2.24, 2.45) is 0 Å². The lowest BCUT2D eigenvalue weighted by atomic mass is 10.1. The van der Waals surface area contributed by atoms with E-state index in [2.05, 4.69) is 15.5 Å². The van der Waals surface area contributed by atoms with E-state index in [1.807, 2.05) is 66.1 Å². The monoisotopic (exact) mass is 332 g/mol. The van der Waals surface area contributed by atoms with E-state index in [0.717, 1.165) is 16.8 Å². The van der Waals surface area contributed by atoms with Crippen LogP contribution >= 0.6 is 0 Å². The second kappa shape index (κ2) is 6.24. The first-order valence-corrected chi connectivity index (χ1v) is 7.97. The van der Waals surface area contributed by atoms with Crippen molar-refractivity contribution in [2.75, 3.05) is 0 Å². The normalized spacial score (nSPS) is 12.2. The predicted octanol–water partition coefficient (Wildman–Crippen LogP) is 3.48. The molecule has 0 aliphatic carbocycles. The van der Waals surface area contributed by atoms with Crippen molar-refractivity contribution >= 4 is 11.6 Å². The molecule has 0 spiro atoms. The second-order valence-corrected chi connectivity index (χ2v) is 5.71. The number of rotatable bonds is 4. The molecule has 25 heavy (non-hydrogen) atoms. The minimum Gasteiger partial charge on any atom is -0.459 e. The Morgan fingerprint density at radius 3 is 2.72 bits per heavy atom. The predicted molar refractivity (Wildman–Crippen MR) is 93.0 cm³/mol. The van der Waals surface area contributed by atoms with Gasteiger partial charge in [-0.2, -0.15) is 0 Å². The summed E-state index contributed by atoms with van der Waals surface area (Å²) in [5.74, 6) is 0.660. The minimum atomic E-state index is -0.321. The molecule has 0 saturated carbocycles. The van der Waals surface area contributed by atoms with Gasteiger partial charge in [-0.3, -0.25) is 9.20 Å². The first-order chi connectivity index (χ1) is 12.2. The molecule has 6 heteroatoms. The maximum absolute atomic E-state index is 12.7. The Balaban J connectivity index is 1.60. The third-order valence-corrected chi connectivity index (χ3v) is 4.03. The highest BCUT2D eigenvalue weighted by Gasteiger charge is 2.21. The summed E-state index contributed by atoms with van der Waals surface area (Å²) in [6.07, 6.45) is 3.39. The third-order valence-electron chi connectivity index (χ3n) is 4.03. The van der Waals surface area contributed by atoms with Gasteiger partial charge in [0.05, 0.1) is 12.3 Å². The summed E-state index contributed by atoms with van der Waals surface area (Å²) in [5, 5.41) is 11.2. The van der Waals surface area contributed by atoms with Gasteiger partial charge in [0.15, 0.2) is 17.2 Å². The zero-order valence-electron chi connectivity index (χ0n) is 13.6. The summed E-state index contributed by atoms with van der Waals surface area (Å²) in [6.45, 7) is 1.87. The molecular formula is C19H16N4O2. The molecule has 1 atom stereocenters. The molecule has 0 bridgehead atoms. The summed E-state index contributed by atoms with van der Waals surface area (Å²) in [6, 6.07) is 16.8. The van der Waals surface area contributed by atoms with Crippen LogP contribution in [-0.2, 0) is 0 Å². The Hall–Kier alpha value is -3.41. The first kappa shape index (κ1) is 15.1. The van der Waals surface area contributed by atoms with Crippen molar-refractivity contribution in [3.8, 4) is 11.1 Å². The number of hydrogen-bond donors (Lipinski definition) is 1. The number of pyridine rings is 1. The van der Waals surface area contributed by atoms with Gasteiger partial charge in [0.2, 0.25) is 0 Å². The molecule has 4 aromatic rings. The summed E-state index contributed by atoms with van der Waals surface area (Å²) in [7, 11) is 0. The van der Waals surface area contributed by atoms with Crippen LogP contribution in [0.4, 0.5) is 0 Å². The quantitative estimate of drug-likeness (QED) is 0.621. The highest BCUT2D eigenvalue weighted by atomic mass is 16.3. The van der Waals surface area contributed by atoms with E-state index in [9.17, 15) is 4.79 Å². The Morgan fingerprint density at radius 1 is 1.08 bits per heavy atom. The molecule has 1 amide bonds. The lowest BCUT2D eigenvalue weighted by Crippen LogP contribution is -2.28. The number of benzene rings is 1.